The third-order valence-corrected chi connectivity index (χ3v) is 2.45. The van der Waals surface area contributed by atoms with E-state index in [0.29, 0.717) is 12.4 Å². The van der Waals surface area contributed by atoms with Crippen molar-refractivity contribution in [3.63, 3.8) is 0 Å². The van der Waals surface area contributed by atoms with Crippen LogP contribution in [0.5, 0.6) is 5.88 Å². The van der Waals surface area contributed by atoms with E-state index in [1.807, 2.05) is 6.92 Å². The predicted octanol–water partition coefficient (Wildman–Crippen LogP) is 0.501. The highest BCUT2D eigenvalue weighted by molar-refractivity contribution is 5.11. The van der Waals surface area contributed by atoms with Gasteiger partial charge in [-0.25, -0.2) is 0 Å². The molecule has 0 aliphatic carbocycles. The van der Waals surface area contributed by atoms with Crippen LogP contribution in [-0.4, -0.2) is 21.7 Å². The summed E-state index contributed by atoms with van der Waals surface area (Å²) in [5, 5.41) is 9.18. The number of aromatic nitrogens is 2. The second-order valence-electron chi connectivity index (χ2n) is 3.64. The Morgan fingerprint density at radius 1 is 1.71 bits per heavy atom. The molecule has 1 fully saturated rings. The van der Waals surface area contributed by atoms with Gasteiger partial charge in [-0.2, -0.15) is 4.98 Å². The van der Waals surface area contributed by atoms with Crippen LogP contribution in [0.15, 0.2) is 10.9 Å². The smallest absolute Gasteiger partial charge is 0.254 e. The topological polar surface area (TPSA) is 75.2 Å². The minimum Gasteiger partial charge on any atom is -0.493 e. The number of nitrogens with zero attached hydrogens (tertiary/aromatic N) is 1. The van der Waals surface area contributed by atoms with Crippen molar-refractivity contribution < 1.29 is 9.84 Å². The van der Waals surface area contributed by atoms with Crippen LogP contribution in [-0.2, 0) is 10.3 Å². The molecule has 76 valence electrons. The van der Waals surface area contributed by atoms with E-state index >= 15 is 0 Å². The zero-order valence-corrected chi connectivity index (χ0v) is 7.91. The van der Waals surface area contributed by atoms with Gasteiger partial charge in [0.25, 0.3) is 5.56 Å². The molecule has 5 nitrogen and oxygen atoms in total. The molecule has 2 rings (SSSR count). The molecular formula is C9H12N2O3. The highest BCUT2D eigenvalue weighted by atomic mass is 16.5. The van der Waals surface area contributed by atoms with Gasteiger partial charge in [0, 0.05) is 6.61 Å². The number of aromatic amines is 1. The number of H-pyrrole nitrogens is 1. The van der Waals surface area contributed by atoms with Crippen LogP contribution >= 0.6 is 0 Å². The van der Waals surface area contributed by atoms with Crippen molar-refractivity contribution in [3.05, 3.63) is 22.2 Å². The van der Waals surface area contributed by atoms with Crippen LogP contribution in [0.4, 0.5) is 0 Å². The molecule has 2 heterocycles. The van der Waals surface area contributed by atoms with Gasteiger partial charge >= 0.3 is 0 Å². The van der Waals surface area contributed by atoms with E-state index in [4.69, 9.17) is 4.74 Å². The van der Waals surface area contributed by atoms with Gasteiger partial charge in [-0.05, 0) is 19.8 Å². The second kappa shape index (κ2) is 3.09. The number of rotatable bonds is 1. The second-order valence-corrected chi connectivity index (χ2v) is 3.64. The molecule has 1 aromatic heterocycles. The number of nitrogens with one attached hydrogen (secondary N) is 1. The van der Waals surface area contributed by atoms with Crippen molar-refractivity contribution in [2.24, 2.45) is 0 Å². The molecule has 1 atom stereocenters. The summed E-state index contributed by atoms with van der Waals surface area (Å²) in [7, 11) is 0. The molecule has 0 spiro atoms. The molecule has 1 aliphatic heterocycles. The Kier molecular flexibility index (Phi) is 2.03. The molecule has 0 bridgehead atoms. The lowest BCUT2D eigenvalue weighted by atomic mass is 10.0. The molecule has 14 heavy (non-hydrogen) atoms. The van der Waals surface area contributed by atoms with E-state index in [1.165, 1.54) is 0 Å². The molecule has 0 aromatic carbocycles. The molecule has 1 saturated heterocycles. The zero-order valence-electron chi connectivity index (χ0n) is 7.91. The van der Waals surface area contributed by atoms with Crippen LogP contribution in [0, 0.1) is 0 Å². The van der Waals surface area contributed by atoms with Crippen LogP contribution in [0.2, 0.25) is 0 Å². The van der Waals surface area contributed by atoms with E-state index in [9.17, 15) is 9.90 Å². The van der Waals surface area contributed by atoms with Crippen molar-refractivity contribution in [1.29, 1.82) is 0 Å². The number of hydrogen-bond acceptors (Lipinski definition) is 4. The third-order valence-electron chi connectivity index (χ3n) is 2.45. The van der Waals surface area contributed by atoms with Crippen molar-refractivity contribution in [3.8, 4) is 5.88 Å². The third kappa shape index (κ3) is 1.50. The van der Waals surface area contributed by atoms with E-state index in [0.717, 1.165) is 18.9 Å². The minimum absolute atomic E-state index is 0.263. The van der Waals surface area contributed by atoms with Crippen LogP contribution in [0.3, 0.4) is 0 Å². The summed E-state index contributed by atoms with van der Waals surface area (Å²) < 4.78 is 5.49. The molecule has 1 aromatic rings. The van der Waals surface area contributed by atoms with Crippen LogP contribution in [0.25, 0.3) is 0 Å². The molecule has 0 saturated carbocycles. The average Bonchev–Trinajstić information content (AvgIpc) is 2.52. The van der Waals surface area contributed by atoms with E-state index < -0.39 is 5.60 Å². The fourth-order valence-corrected chi connectivity index (χ4v) is 1.66. The van der Waals surface area contributed by atoms with Crippen LogP contribution < -0.4 is 5.56 Å². The first-order valence-electron chi connectivity index (χ1n) is 4.55. The molecule has 0 radical (unpaired) electrons. The average molecular weight is 196 g/mol. The number of ether oxygens (including phenoxy) is 1. The summed E-state index contributed by atoms with van der Waals surface area (Å²) in [5.41, 5.74) is -0.915. The van der Waals surface area contributed by atoms with Gasteiger partial charge in [0.2, 0.25) is 5.88 Å². The normalized spacial score (nSPS) is 26.6. The number of hydrogen-bond donors (Lipinski definition) is 2. The zero-order chi connectivity index (χ0) is 10.2. The lowest BCUT2D eigenvalue weighted by Crippen LogP contribution is -2.26. The highest BCUT2D eigenvalue weighted by Crippen LogP contribution is 2.33. The Labute approximate surface area is 80.8 Å². The van der Waals surface area contributed by atoms with E-state index in [-0.39, 0.29) is 11.4 Å². The fourth-order valence-electron chi connectivity index (χ4n) is 1.66. The van der Waals surface area contributed by atoms with Crippen molar-refractivity contribution >= 4 is 0 Å². The summed E-state index contributed by atoms with van der Waals surface area (Å²) in [6, 6.07) is 1.04. The molecule has 2 N–H and O–H groups in total. The van der Waals surface area contributed by atoms with Gasteiger partial charge in [0.15, 0.2) is 0 Å². The maximum atomic E-state index is 11.1. The Bertz CT molecular complexity index is 393. The minimum atomic E-state index is -0.558. The largest absolute Gasteiger partial charge is 0.493 e. The maximum Gasteiger partial charge on any atom is 0.254 e. The van der Waals surface area contributed by atoms with Gasteiger partial charge in [0.05, 0.1) is 6.07 Å². The Morgan fingerprint density at radius 3 is 3.07 bits per heavy atom. The Balaban J connectivity index is 2.45. The van der Waals surface area contributed by atoms with Gasteiger partial charge in [-0.3, -0.25) is 4.79 Å². The Morgan fingerprint density at radius 2 is 2.50 bits per heavy atom. The van der Waals surface area contributed by atoms with Gasteiger partial charge in [-0.1, -0.05) is 0 Å². The molecule has 0 amide bonds. The summed E-state index contributed by atoms with van der Waals surface area (Å²) in [6.07, 6.45) is 1.75. The summed E-state index contributed by atoms with van der Waals surface area (Å²) in [4.78, 5) is 17.5. The van der Waals surface area contributed by atoms with Gasteiger partial charge in [0.1, 0.15) is 11.4 Å². The monoisotopic (exact) mass is 196 g/mol. The quantitative estimate of drug-likeness (QED) is 0.685. The summed E-state index contributed by atoms with van der Waals surface area (Å²) in [6.45, 7) is 2.52. The molecular weight excluding hydrogens is 184 g/mol. The van der Waals surface area contributed by atoms with E-state index in [1.54, 1.807) is 0 Å². The van der Waals surface area contributed by atoms with Crippen LogP contribution in [0.1, 0.15) is 25.6 Å². The highest BCUT2D eigenvalue weighted by Gasteiger charge is 2.34. The lowest BCUT2D eigenvalue weighted by molar-refractivity contribution is 0.00867. The Hall–Kier alpha value is -1.36. The predicted molar refractivity (Wildman–Crippen MR) is 49.1 cm³/mol. The van der Waals surface area contributed by atoms with Gasteiger partial charge < -0.3 is 14.8 Å². The van der Waals surface area contributed by atoms with E-state index in [2.05, 4.69) is 9.97 Å². The lowest BCUT2D eigenvalue weighted by Gasteiger charge is -2.21. The van der Waals surface area contributed by atoms with Gasteiger partial charge in [-0.15, -0.1) is 0 Å². The molecule has 5 heteroatoms. The fraction of sp³-hybridized carbons (Fsp3) is 0.556. The van der Waals surface area contributed by atoms with Crippen molar-refractivity contribution in [1.82, 2.24) is 9.97 Å². The standard InChI is InChI=1S/C9H12N2O3/c1-9(3-2-4-14-9)8-10-6(12)5-7(13)11-8/h5H,2-4H2,1H3,(H2,10,11,12,13). The number of aromatic hydroxyl groups is 1. The maximum absolute atomic E-state index is 11.1. The molecule has 1 unspecified atom stereocenters. The van der Waals surface area contributed by atoms with Crippen molar-refractivity contribution in [2.45, 2.75) is 25.4 Å². The summed E-state index contributed by atoms with van der Waals surface area (Å²) >= 11 is 0. The first kappa shape index (κ1) is 9.21. The SMILES string of the molecule is CC1(c2nc(O)cc(=O)[nH]2)CCCO1. The first-order valence-corrected chi connectivity index (χ1v) is 4.55. The summed E-state index contributed by atoms with van der Waals surface area (Å²) in [5.74, 6) is 0.139. The first-order chi connectivity index (χ1) is 6.60. The molecule has 1 aliphatic rings. The van der Waals surface area contributed by atoms with Crippen molar-refractivity contribution in [2.75, 3.05) is 6.61 Å².